The third kappa shape index (κ3) is 3.18. The molecule has 0 aliphatic heterocycles. The molecule has 0 N–H and O–H groups in total. The minimum atomic E-state index is 0.507. The summed E-state index contributed by atoms with van der Waals surface area (Å²) in [5.74, 6) is 0.507. The quantitative estimate of drug-likeness (QED) is 0.683. The summed E-state index contributed by atoms with van der Waals surface area (Å²) in [4.78, 5) is 16.2. The number of aldehydes is 1. The second kappa shape index (κ2) is 7.02. The highest BCUT2D eigenvalue weighted by Gasteiger charge is 2.31. The highest BCUT2D eigenvalue weighted by Crippen LogP contribution is 2.46. The lowest BCUT2D eigenvalue weighted by molar-refractivity contribution is 0.112. The van der Waals surface area contributed by atoms with Crippen LogP contribution in [0.5, 0.6) is 0 Å². The van der Waals surface area contributed by atoms with Gasteiger partial charge in [0.15, 0.2) is 6.29 Å². The van der Waals surface area contributed by atoms with E-state index in [1.807, 2.05) is 35.7 Å². The van der Waals surface area contributed by atoms with Crippen molar-refractivity contribution in [3.05, 3.63) is 41.0 Å². The van der Waals surface area contributed by atoms with Gasteiger partial charge in [-0.3, -0.25) is 9.20 Å². The molecule has 0 bridgehead atoms. The Morgan fingerprint density at radius 3 is 2.87 bits per heavy atom. The second-order valence-corrected chi connectivity index (χ2v) is 6.15. The predicted molar refractivity (Wildman–Crippen MR) is 91.2 cm³/mol. The zero-order valence-corrected chi connectivity index (χ0v) is 14.0. The molecule has 3 heterocycles. The first-order valence-electron chi connectivity index (χ1n) is 7.66. The van der Waals surface area contributed by atoms with Crippen LogP contribution in [0, 0.1) is 0 Å². The molecule has 4 rings (SSSR count). The average molecular weight is 329 g/mol. The van der Waals surface area contributed by atoms with E-state index in [0.29, 0.717) is 5.92 Å². The fourth-order valence-corrected chi connectivity index (χ4v) is 3.27. The standard InChI is InChI=1S/C14H11N3OS.C3H8O/c18-8-11-13(9-4-5-9)14(16-19-11)10-2-1-3-12-15-6-7-17(10)12;1-3-4-2/h1-3,6-9H,4-5H2;3H2,1-2H3. The van der Waals surface area contributed by atoms with Crippen molar-refractivity contribution in [1.82, 2.24) is 13.8 Å². The molecular weight excluding hydrogens is 310 g/mol. The van der Waals surface area contributed by atoms with Gasteiger partial charge in [0.1, 0.15) is 11.3 Å². The van der Waals surface area contributed by atoms with Crippen LogP contribution in [0.15, 0.2) is 30.6 Å². The van der Waals surface area contributed by atoms with Gasteiger partial charge in [-0.15, -0.1) is 0 Å². The largest absolute Gasteiger partial charge is 0.385 e. The van der Waals surface area contributed by atoms with Crippen molar-refractivity contribution in [2.45, 2.75) is 25.7 Å². The van der Waals surface area contributed by atoms with Gasteiger partial charge in [-0.05, 0) is 49.3 Å². The fourth-order valence-electron chi connectivity index (χ4n) is 2.49. The molecular formula is C17H19N3O2S. The van der Waals surface area contributed by atoms with Gasteiger partial charge in [-0.2, -0.15) is 4.37 Å². The number of pyridine rings is 1. The highest BCUT2D eigenvalue weighted by atomic mass is 32.1. The van der Waals surface area contributed by atoms with Crippen molar-refractivity contribution < 1.29 is 9.53 Å². The maximum atomic E-state index is 11.2. The monoisotopic (exact) mass is 329 g/mol. The maximum absolute atomic E-state index is 11.2. The number of rotatable bonds is 4. The Morgan fingerprint density at radius 1 is 1.43 bits per heavy atom. The molecule has 0 aromatic carbocycles. The Kier molecular flexibility index (Phi) is 4.83. The fraction of sp³-hybridized carbons (Fsp3) is 0.353. The van der Waals surface area contributed by atoms with Crippen molar-refractivity contribution in [1.29, 1.82) is 0 Å². The number of carbonyl (C=O) groups excluding carboxylic acids is 1. The third-order valence-corrected chi connectivity index (χ3v) is 4.59. The SMILES string of the molecule is CCOC.O=Cc1snc(-c2cccc3nccn23)c1C1CC1. The van der Waals surface area contributed by atoms with Gasteiger partial charge in [0.05, 0.1) is 10.6 Å². The number of aromatic nitrogens is 3. The number of carbonyl (C=O) groups is 1. The van der Waals surface area contributed by atoms with E-state index in [-0.39, 0.29) is 0 Å². The number of imidazole rings is 1. The van der Waals surface area contributed by atoms with E-state index in [4.69, 9.17) is 0 Å². The van der Waals surface area contributed by atoms with Crippen molar-refractivity contribution in [3.63, 3.8) is 0 Å². The van der Waals surface area contributed by atoms with Crippen LogP contribution < -0.4 is 0 Å². The summed E-state index contributed by atoms with van der Waals surface area (Å²) in [6.45, 7) is 2.78. The van der Waals surface area contributed by atoms with Gasteiger partial charge >= 0.3 is 0 Å². The lowest BCUT2D eigenvalue weighted by atomic mass is 10.1. The molecule has 0 atom stereocenters. The van der Waals surface area contributed by atoms with E-state index in [9.17, 15) is 4.79 Å². The molecule has 1 fully saturated rings. The molecule has 0 spiro atoms. The first-order valence-corrected chi connectivity index (χ1v) is 8.43. The van der Waals surface area contributed by atoms with Gasteiger partial charge in [0.25, 0.3) is 0 Å². The Bertz CT molecular complexity index is 803. The van der Waals surface area contributed by atoms with Gasteiger partial charge < -0.3 is 4.74 Å². The number of fused-ring (bicyclic) bond motifs is 1. The molecule has 1 aliphatic rings. The average Bonchev–Trinajstić information content (AvgIpc) is 3.15. The number of methoxy groups -OCH3 is 1. The summed E-state index contributed by atoms with van der Waals surface area (Å²) in [6, 6.07) is 5.98. The molecule has 1 aliphatic carbocycles. The Labute approximate surface area is 139 Å². The maximum Gasteiger partial charge on any atom is 0.161 e. The molecule has 5 nitrogen and oxygen atoms in total. The molecule has 120 valence electrons. The number of ether oxygens (including phenoxy) is 1. The normalized spacial score (nSPS) is 13.7. The van der Waals surface area contributed by atoms with Crippen LogP contribution in [0.1, 0.15) is 40.9 Å². The zero-order chi connectivity index (χ0) is 16.2. The molecule has 0 saturated heterocycles. The minimum Gasteiger partial charge on any atom is -0.385 e. The zero-order valence-electron chi connectivity index (χ0n) is 13.2. The van der Waals surface area contributed by atoms with E-state index < -0.39 is 0 Å². The lowest BCUT2D eigenvalue weighted by Crippen LogP contribution is -1.94. The number of nitrogens with zero attached hydrogens (tertiary/aromatic N) is 3. The van der Waals surface area contributed by atoms with E-state index >= 15 is 0 Å². The summed E-state index contributed by atoms with van der Waals surface area (Å²) in [5, 5.41) is 0. The van der Waals surface area contributed by atoms with Crippen LogP contribution in [0.4, 0.5) is 0 Å². The van der Waals surface area contributed by atoms with Crippen LogP contribution in [0.2, 0.25) is 0 Å². The summed E-state index contributed by atoms with van der Waals surface area (Å²) in [6.07, 6.45) is 6.96. The Balaban J connectivity index is 0.000000354. The highest BCUT2D eigenvalue weighted by molar-refractivity contribution is 7.08. The Hall–Kier alpha value is -2.05. The van der Waals surface area contributed by atoms with Crippen molar-refractivity contribution in [3.8, 4) is 11.4 Å². The molecule has 6 heteroatoms. The molecule has 3 aromatic heterocycles. The molecule has 0 radical (unpaired) electrons. The first-order chi connectivity index (χ1) is 11.3. The summed E-state index contributed by atoms with van der Waals surface area (Å²) < 4.78 is 11.1. The number of hydrogen-bond donors (Lipinski definition) is 0. The van der Waals surface area contributed by atoms with Crippen LogP contribution >= 0.6 is 11.5 Å². The molecule has 0 unspecified atom stereocenters. The van der Waals surface area contributed by atoms with Gasteiger partial charge in [-0.1, -0.05) is 6.07 Å². The molecule has 23 heavy (non-hydrogen) atoms. The van der Waals surface area contributed by atoms with E-state index in [1.165, 1.54) is 11.5 Å². The van der Waals surface area contributed by atoms with Crippen molar-refractivity contribution in [2.24, 2.45) is 0 Å². The topological polar surface area (TPSA) is 56.5 Å². The van der Waals surface area contributed by atoms with E-state index in [1.54, 1.807) is 13.3 Å². The van der Waals surface area contributed by atoms with Crippen LogP contribution in [-0.2, 0) is 4.74 Å². The molecule has 3 aromatic rings. The summed E-state index contributed by atoms with van der Waals surface area (Å²) >= 11 is 1.30. The van der Waals surface area contributed by atoms with Crippen LogP contribution in [0.25, 0.3) is 17.0 Å². The van der Waals surface area contributed by atoms with Gasteiger partial charge in [0, 0.05) is 31.7 Å². The predicted octanol–water partition coefficient (Wildman–Crippen LogP) is 3.80. The van der Waals surface area contributed by atoms with Crippen LogP contribution in [-0.4, -0.2) is 33.8 Å². The summed E-state index contributed by atoms with van der Waals surface area (Å²) in [5.41, 5.74) is 3.99. The van der Waals surface area contributed by atoms with Gasteiger partial charge in [0.2, 0.25) is 0 Å². The molecule has 1 saturated carbocycles. The minimum absolute atomic E-state index is 0.507. The van der Waals surface area contributed by atoms with E-state index in [2.05, 4.69) is 14.1 Å². The van der Waals surface area contributed by atoms with E-state index in [0.717, 1.165) is 53.2 Å². The smallest absolute Gasteiger partial charge is 0.161 e. The Morgan fingerprint density at radius 2 is 2.22 bits per heavy atom. The number of hydrogen-bond acceptors (Lipinski definition) is 5. The first kappa shape index (κ1) is 15.8. The van der Waals surface area contributed by atoms with Crippen molar-refractivity contribution in [2.75, 3.05) is 13.7 Å². The molecule has 0 amide bonds. The van der Waals surface area contributed by atoms with Gasteiger partial charge in [-0.25, -0.2) is 4.98 Å². The van der Waals surface area contributed by atoms with Crippen LogP contribution in [0.3, 0.4) is 0 Å². The second-order valence-electron chi connectivity index (χ2n) is 5.35. The summed E-state index contributed by atoms with van der Waals surface area (Å²) in [7, 11) is 1.68. The lowest BCUT2D eigenvalue weighted by Gasteiger charge is -2.05. The van der Waals surface area contributed by atoms with Crippen molar-refractivity contribution >= 4 is 23.5 Å². The third-order valence-electron chi connectivity index (χ3n) is 3.81.